The molecule has 110 valence electrons. The summed E-state index contributed by atoms with van der Waals surface area (Å²) in [5, 5.41) is 3.50. The van der Waals surface area contributed by atoms with E-state index in [1.807, 2.05) is 6.92 Å². The summed E-state index contributed by atoms with van der Waals surface area (Å²) in [6.07, 6.45) is 2.46. The van der Waals surface area contributed by atoms with Gasteiger partial charge in [-0.2, -0.15) is 0 Å². The molecule has 0 radical (unpaired) electrons. The Bertz CT molecular complexity index is 466. The van der Waals surface area contributed by atoms with Gasteiger partial charge in [0.2, 0.25) is 0 Å². The first-order valence-corrected chi connectivity index (χ1v) is 7.86. The zero-order valence-electron chi connectivity index (χ0n) is 12.7. The molecule has 2 aliphatic rings. The molecule has 3 nitrogen and oxygen atoms in total. The third-order valence-electron chi connectivity index (χ3n) is 4.64. The van der Waals surface area contributed by atoms with Gasteiger partial charge in [0.25, 0.3) is 0 Å². The molecule has 0 saturated carbocycles. The first-order valence-electron chi connectivity index (χ1n) is 7.86. The summed E-state index contributed by atoms with van der Waals surface area (Å²) in [4.78, 5) is 2.62. The minimum atomic E-state index is 0.461. The van der Waals surface area contributed by atoms with Gasteiger partial charge in [0, 0.05) is 26.2 Å². The second-order valence-corrected chi connectivity index (χ2v) is 6.56. The summed E-state index contributed by atoms with van der Waals surface area (Å²) in [7, 11) is 0. The number of hydrogen-bond acceptors (Lipinski definition) is 3. The van der Waals surface area contributed by atoms with Gasteiger partial charge in [-0.15, -0.1) is 0 Å². The Morgan fingerprint density at radius 1 is 1.35 bits per heavy atom. The number of fused-ring (bicyclic) bond motifs is 1. The number of nitrogens with one attached hydrogen (secondary N) is 1. The van der Waals surface area contributed by atoms with E-state index < -0.39 is 0 Å². The Balaban J connectivity index is 1.66. The average Bonchev–Trinajstić information content (AvgIpc) is 2.86. The molecule has 20 heavy (non-hydrogen) atoms. The minimum absolute atomic E-state index is 0.461. The van der Waals surface area contributed by atoms with E-state index in [1.54, 1.807) is 0 Å². The van der Waals surface area contributed by atoms with Gasteiger partial charge in [-0.25, -0.2) is 0 Å². The fourth-order valence-corrected chi connectivity index (χ4v) is 3.52. The molecular weight excluding hydrogens is 248 g/mol. The second kappa shape index (κ2) is 5.74. The molecule has 1 saturated heterocycles. The van der Waals surface area contributed by atoms with E-state index in [0.29, 0.717) is 5.41 Å². The van der Waals surface area contributed by atoms with Crippen molar-refractivity contribution in [3.05, 3.63) is 29.3 Å². The number of nitrogens with zero attached hydrogens (tertiary/aromatic N) is 1. The second-order valence-electron chi connectivity index (χ2n) is 6.56. The van der Waals surface area contributed by atoms with Gasteiger partial charge in [-0.1, -0.05) is 13.0 Å². The Hall–Kier alpha value is -1.06. The first kappa shape index (κ1) is 13.9. The summed E-state index contributed by atoms with van der Waals surface area (Å²) >= 11 is 0. The zero-order valence-corrected chi connectivity index (χ0v) is 12.7. The van der Waals surface area contributed by atoms with Crippen LogP contribution in [0.15, 0.2) is 18.2 Å². The summed E-state index contributed by atoms with van der Waals surface area (Å²) < 4.78 is 5.60. The quantitative estimate of drug-likeness (QED) is 0.912. The lowest BCUT2D eigenvalue weighted by atomic mass is 9.88. The van der Waals surface area contributed by atoms with Crippen molar-refractivity contribution in [2.45, 2.75) is 33.2 Å². The molecule has 0 aromatic heterocycles. The predicted molar refractivity (Wildman–Crippen MR) is 82.2 cm³/mol. The van der Waals surface area contributed by atoms with Crippen molar-refractivity contribution >= 4 is 0 Å². The average molecular weight is 274 g/mol. The van der Waals surface area contributed by atoms with E-state index in [9.17, 15) is 0 Å². The van der Waals surface area contributed by atoms with Crippen LogP contribution in [0.2, 0.25) is 0 Å². The molecule has 2 aliphatic heterocycles. The number of hydrogen-bond donors (Lipinski definition) is 1. The highest BCUT2D eigenvalue weighted by molar-refractivity contribution is 5.37. The zero-order chi connectivity index (χ0) is 14.0. The summed E-state index contributed by atoms with van der Waals surface area (Å²) in [6, 6.07) is 6.60. The minimum Gasteiger partial charge on any atom is -0.494 e. The molecule has 2 heterocycles. The maximum Gasteiger partial charge on any atom is 0.119 e. The standard InChI is InChI=1S/C17H26N2O/c1-3-20-16-5-4-15-11-19(9-6-14(15)10-16)13-17(2)7-8-18-12-17/h4-5,10,18H,3,6-9,11-13H2,1-2H3. The van der Waals surface area contributed by atoms with Gasteiger partial charge < -0.3 is 10.1 Å². The number of ether oxygens (including phenoxy) is 1. The molecule has 1 fully saturated rings. The van der Waals surface area contributed by atoms with E-state index in [2.05, 4.69) is 35.3 Å². The van der Waals surface area contributed by atoms with Crippen LogP contribution in [0.1, 0.15) is 31.4 Å². The fourth-order valence-electron chi connectivity index (χ4n) is 3.52. The van der Waals surface area contributed by atoms with Gasteiger partial charge in [0.15, 0.2) is 0 Å². The summed E-state index contributed by atoms with van der Waals surface area (Å²) in [5.74, 6) is 1.02. The molecule has 1 aromatic rings. The van der Waals surface area contributed by atoms with Gasteiger partial charge in [-0.05, 0) is 55.0 Å². The van der Waals surface area contributed by atoms with Gasteiger partial charge >= 0.3 is 0 Å². The first-order chi connectivity index (χ1) is 9.68. The van der Waals surface area contributed by atoms with E-state index in [0.717, 1.165) is 25.3 Å². The van der Waals surface area contributed by atoms with Crippen molar-refractivity contribution in [3.8, 4) is 5.75 Å². The fraction of sp³-hybridized carbons (Fsp3) is 0.647. The molecule has 1 aromatic carbocycles. The molecule has 1 unspecified atom stereocenters. The summed E-state index contributed by atoms with van der Waals surface area (Å²) in [6.45, 7) is 11.0. The van der Waals surface area contributed by atoms with Crippen LogP contribution in [-0.4, -0.2) is 37.7 Å². The predicted octanol–water partition coefficient (Wildman–Crippen LogP) is 2.44. The molecule has 0 amide bonds. The van der Waals surface area contributed by atoms with E-state index in [-0.39, 0.29) is 0 Å². The number of benzene rings is 1. The van der Waals surface area contributed by atoms with Crippen LogP contribution in [0.5, 0.6) is 5.75 Å². The third-order valence-corrected chi connectivity index (χ3v) is 4.64. The van der Waals surface area contributed by atoms with Gasteiger partial charge in [0.05, 0.1) is 6.61 Å². The van der Waals surface area contributed by atoms with Crippen LogP contribution in [0.25, 0.3) is 0 Å². The highest BCUT2D eigenvalue weighted by atomic mass is 16.5. The van der Waals surface area contributed by atoms with Crippen molar-refractivity contribution in [3.63, 3.8) is 0 Å². The van der Waals surface area contributed by atoms with Crippen LogP contribution in [0, 0.1) is 5.41 Å². The molecule has 0 spiro atoms. The molecule has 0 aliphatic carbocycles. The van der Waals surface area contributed by atoms with Crippen LogP contribution < -0.4 is 10.1 Å². The number of rotatable bonds is 4. The van der Waals surface area contributed by atoms with Crippen molar-refractivity contribution < 1.29 is 4.74 Å². The van der Waals surface area contributed by atoms with Crippen LogP contribution in [0.3, 0.4) is 0 Å². The lowest BCUT2D eigenvalue weighted by Crippen LogP contribution is -2.40. The van der Waals surface area contributed by atoms with Crippen molar-refractivity contribution in [2.75, 3.05) is 32.8 Å². The monoisotopic (exact) mass is 274 g/mol. The van der Waals surface area contributed by atoms with Crippen molar-refractivity contribution in [1.29, 1.82) is 0 Å². The molecule has 1 atom stereocenters. The van der Waals surface area contributed by atoms with E-state index in [4.69, 9.17) is 4.74 Å². The van der Waals surface area contributed by atoms with Crippen molar-refractivity contribution in [1.82, 2.24) is 10.2 Å². The van der Waals surface area contributed by atoms with Crippen LogP contribution in [0.4, 0.5) is 0 Å². The molecule has 3 rings (SSSR count). The SMILES string of the molecule is CCOc1ccc2c(c1)CCN(CC1(C)CCNC1)C2. The lowest BCUT2D eigenvalue weighted by molar-refractivity contribution is 0.164. The highest BCUT2D eigenvalue weighted by Gasteiger charge is 2.31. The van der Waals surface area contributed by atoms with Crippen LogP contribution >= 0.6 is 0 Å². The smallest absolute Gasteiger partial charge is 0.119 e. The topological polar surface area (TPSA) is 24.5 Å². The van der Waals surface area contributed by atoms with Crippen molar-refractivity contribution in [2.24, 2.45) is 5.41 Å². The maximum absolute atomic E-state index is 5.60. The van der Waals surface area contributed by atoms with E-state index in [1.165, 1.54) is 43.7 Å². The molecule has 1 N–H and O–H groups in total. The Morgan fingerprint density at radius 3 is 3.00 bits per heavy atom. The van der Waals surface area contributed by atoms with Crippen LogP contribution in [-0.2, 0) is 13.0 Å². The molecular formula is C17H26N2O. The molecule has 3 heteroatoms. The van der Waals surface area contributed by atoms with Gasteiger partial charge in [0.1, 0.15) is 5.75 Å². The third kappa shape index (κ3) is 2.99. The lowest BCUT2D eigenvalue weighted by Gasteiger charge is -2.35. The Morgan fingerprint density at radius 2 is 2.25 bits per heavy atom. The Kier molecular flexibility index (Phi) is 3.99. The normalized spacial score (nSPS) is 26.5. The largest absolute Gasteiger partial charge is 0.494 e. The Labute approximate surface area is 122 Å². The maximum atomic E-state index is 5.60. The summed E-state index contributed by atoms with van der Waals surface area (Å²) in [5.41, 5.74) is 3.42. The van der Waals surface area contributed by atoms with E-state index >= 15 is 0 Å². The molecule has 0 bridgehead atoms. The highest BCUT2D eigenvalue weighted by Crippen LogP contribution is 2.29. The van der Waals surface area contributed by atoms with Gasteiger partial charge in [-0.3, -0.25) is 4.90 Å².